The van der Waals surface area contributed by atoms with Crippen LogP contribution in [0.4, 0.5) is 5.69 Å². The predicted octanol–water partition coefficient (Wildman–Crippen LogP) is 4.14. The Kier molecular flexibility index (Phi) is 3.35. The summed E-state index contributed by atoms with van der Waals surface area (Å²) < 4.78 is 0. The van der Waals surface area contributed by atoms with Crippen LogP contribution in [0.1, 0.15) is 10.5 Å². The second-order valence-corrected chi connectivity index (χ2v) is 4.73. The van der Waals surface area contributed by atoms with Crippen molar-refractivity contribution in [1.29, 1.82) is 0 Å². The Hall–Kier alpha value is -2.39. The molecule has 0 saturated heterocycles. The maximum absolute atomic E-state index is 12.2. The average molecular weight is 283 g/mol. The molecule has 1 aromatic heterocycles. The summed E-state index contributed by atoms with van der Waals surface area (Å²) in [5.41, 5.74) is 1.73. The molecule has 3 aromatic rings. The van der Waals surface area contributed by atoms with E-state index in [1.165, 1.54) is 0 Å². The maximum Gasteiger partial charge on any atom is 0.274 e. The number of pyridine rings is 1. The van der Waals surface area contributed by atoms with Gasteiger partial charge in [-0.2, -0.15) is 0 Å². The number of hydrogen-bond acceptors (Lipinski definition) is 2. The molecule has 20 heavy (non-hydrogen) atoms. The second kappa shape index (κ2) is 5.31. The van der Waals surface area contributed by atoms with E-state index in [4.69, 9.17) is 11.6 Å². The minimum Gasteiger partial charge on any atom is -0.319 e. The summed E-state index contributed by atoms with van der Waals surface area (Å²) >= 11 is 6.02. The fraction of sp³-hybridized carbons (Fsp3) is 0. The summed E-state index contributed by atoms with van der Waals surface area (Å²) in [6.07, 6.45) is 0. The SMILES string of the molecule is O=C(Nc1ccccc1Cl)c1ccc2ccccc2n1. The van der Waals surface area contributed by atoms with E-state index < -0.39 is 0 Å². The van der Waals surface area contributed by atoms with Crippen LogP contribution < -0.4 is 5.32 Å². The first kappa shape index (κ1) is 12.6. The minimum atomic E-state index is -0.274. The minimum absolute atomic E-state index is 0.274. The number of fused-ring (bicyclic) bond motifs is 1. The molecule has 3 nitrogen and oxygen atoms in total. The zero-order valence-corrected chi connectivity index (χ0v) is 11.3. The molecule has 0 aliphatic heterocycles. The van der Waals surface area contributed by atoms with Gasteiger partial charge in [0.05, 0.1) is 16.2 Å². The van der Waals surface area contributed by atoms with Crippen LogP contribution in [0.5, 0.6) is 0 Å². The van der Waals surface area contributed by atoms with Crippen molar-refractivity contribution in [2.75, 3.05) is 5.32 Å². The zero-order valence-electron chi connectivity index (χ0n) is 10.5. The van der Waals surface area contributed by atoms with Crippen LogP contribution >= 0.6 is 11.6 Å². The average Bonchev–Trinajstić information content (AvgIpc) is 2.49. The second-order valence-electron chi connectivity index (χ2n) is 4.32. The molecule has 3 rings (SSSR count). The van der Waals surface area contributed by atoms with E-state index in [0.717, 1.165) is 10.9 Å². The molecule has 0 radical (unpaired) electrons. The monoisotopic (exact) mass is 282 g/mol. The topological polar surface area (TPSA) is 42.0 Å². The highest BCUT2D eigenvalue weighted by Gasteiger charge is 2.10. The summed E-state index contributed by atoms with van der Waals surface area (Å²) in [5.74, 6) is -0.274. The standard InChI is InChI=1S/C16H11ClN2O/c17-12-6-2-4-8-14(12)19-16(20)15-10-9-11-5-1-3-7-13(11)18-15/h1-10H,(H,19,20). The van der Waals surface area contributed by atoms with Crippen LogP contribution in [0, 0.1) is 0 Å². The van der Waals surface area contributed by atoms with Gasteiger partial charge in [0.2, 0.25) is 0 Å². The molecule has 1 N–H and O–H groups in total. The van der Waals surface area contributed by atoms with Crippen LogP contribution in [-0.2, 0) is 0 Å². The quantitative estimate of drug-likeness (QED) is 0.767. The smallest absolute Gasteiger partial charge is 0.274 e. The molecule has 0 atom stereocenters. The molecule has 1 heterocycles. The first-order chi connectivity index (χ1) is 9.74. The van der Waals surface area contributed by atoms with Crippen molar-refractivity contribution in [3.05, 3.63) is 71.4 Å². The molecule has 0 aliphatic rings. The Labute approximate surface area is 121 Å². The number of carbonyl (C=O) groups is 1. The molecule has 98 valence electrons. The molecule has 0 saturated carbocycles. The molecule has 2 aromatic carbocycles. The molecule has 0 aliphatic carbocycles. The maximum atomic E-state index is 12.2. The Balaban J connectivity index is 1.91. The molecular formula is C16H11ClN2O. The normalized spacial score (nSPS) is 10.4. The van der Waals surface area contributed by atoms with Crippen molar-refractivity contribution in [1.82, 2.24) is 4.98 Å². The highest BCUT2D eigenvalue weighted by atomic mass is 35.5. The summed E-state index contributed by atoms with van der Waals surface area (Å²) in [4.78, 5) is 16.5. The molecule has 0 fully saturated rings. The molecular weight excluding hydrogens is 272 g/mol. The molecule has 1 amide bonds. The lowest BCUT2D eigenvalue weighted by Gasteiger charge is -2.07. The molecule has 0 spiro atoms. The number of para-hydroxylation sites is 2. The lowest BCUT2D eigenvalue weighted by molar-refractivity contribution is 0.102. The number of aromatic nitrogens is 1. The highest BCUT2D eigenvalue weighted by molar-refractivity contribution is 6.33. The van der Waals surface area contributed by atoms with Gasteiger partial charge in [-0.05, 0) is 24.3 Å². The Bertz CT molecular complexity index is 786. The Morgan fingerprint density at radius 2 is 1.70 bits per heavy atom. The number of halogens is 1. The summed E-state index contributed by atoms with van der Waals surface area (Å²) in [6.45, 7) is 0. The van der Waals surface area contributed by atoms with E-state index >= 15 is 0 Å². The lowest BCUT2D eigenvalue weighted by Crippen LogP contribution is -2.13. The van der Waals surface area contributed by atoms with Crippen molar-refractivity contribution in [2.24, 2.45) is 0 Å². The summed E-state index contributed by atoms with van der Waals surface area (Å²) in [7, 11) is 0. The van der Waals surface area contributed by atoms with Crippen LogP contribution in [0.3, 0.4) is 0 Å². The van der Waals surface area contributed by atoms with E-state index in [1.807, 2.05) is 42.5 Å². The van der Waals surface area contributed by atoms with Gasteiger partial charge >= 0.3 is 0 Å². The van der Waals surface area contributed by atoms with Gasteiger partial charge in [0.25, 0.3) is 5.91 Å². The van der Waals surface area contributed by atoms with Gasteiger partial charge in [-0.3, -0.25) is 4.79 Å². The first-order valence-corrected chi connectivity index (χ1v) is 6.53. The third-order valence-electron chi connectivity index (χ3n) is 2.95. The van der Waals surface area contributed by atoms with E-state index in [2.05, 4.69) is 10.3 Å². The third kappa shape index (κ3) is 2.49. The van der Waals surface area contributed by atoms with Crippen LogP contribution in [0.25, 0.3) is 10.9 Å². The fourth-order valence-corrected chi connectivity index (χ4v) is 2.12. The van der Waals surface area contributed by atoms with Gasteiger partial charge in [0.1, 0.15) is 5.69 Å². The zero-order chi connectivity index (χ0) is 13.9. The lowest BCUT2D eigenvalue weighted by atomic mass is 10.2. The van der Waals surface area contributed by atoms with Gasteiger partial charge in [-0.25, -0.2) is 4.98 Å². The summed E-state index contributed by atoms with van der Waals surface area (Å²) in [6, 6.07) is 18.4. The number of amides is 1. The fourth-order valence-electron chi connectivity index (χ4n) is 1.94. The van der Waals surface area contributed by atoms with E-state index in [1.54, 1.807) is 18.2 Å². The summed E-state index contributed by atoms with van der Waals surface area (Å²) in [5, 5.41) is 4.26. The molecule has 0 bridgehead atoms. The number of anilines is 1. The Morgan fingerprint density at radius 1 is 0.950 bits per heavy atom. The largest absolute Gasteiger partial charge is 0.319 e. The number of hydrogen-bond donors (Lipinski definition) is 1. The van der Waals surface area contributed by atoms with Crippen molar-refractivity contribution in [3.8, 4) is 0 Å². The van der Waals surface area contributed by atoms with Gasteiger partial charge < -0.3 is 5.32 Å². The van der Waals surface area contributed by atoms with E-state index in [-0.39, 0.29) is 5.91 Å². The molecule has 0 unspecified atom stereocenters. The Morgan fingerprint density at radius 3 is 2.55 bits per heavy atom. The highest BCUT2D eigenvalue weighted by Crippen LogP contribution is 2.21. The number of nitrogens with one attached hydrogen (secondary N) is 1. The van der Waals surface area contributed by atoms with Crippen molar-refractivity contribution < 1.29 is 4.79 Å². The van der Waals surface area contributed by atoms with Gasteiger partial charge in [0.15, 0.2) is 0 Å². The van der Waals surface area contributed by atoms with Gasteiger partial charge in [-0.15, -0.1) is 0 Å². The number of carbonyl (C=O) groups excluding carboxylic acids is 1. The van der Waals surface area contributed by atoms with Crippen LogP contribution in [-0.4, -0.2) is 10.9 Å². The van der Waals surface area contributed by atoms with Gasteiger partial charge in [-0.1, -0.05) is 48.0 Å². The number of rotatable bonds is 2. The van der Waals surface area contributed by atoms with Crippen LogP contribution in [0.15, 0.2) is 60.7 Å². The van der Waals surface area contributed by atoms with Crippen molar-refractivity contribution in [2.45, 2.75) is 0 Å². The van der Waals surface area contributed by atoms with Gasteiger partial charge in [0, 0.05) is 5.39 Å². The number of nitrogens with zero attached hydrogens (tertiary/aromatic N) is 1. The van der Waals surface area contributed by atoms with Crippen molar-refractivity contribution >= 4 is 34.1 Å². The number of benzene rings is 2. The van der Waals surface area contributed by atoms with E-state index in [9.17, 15) is 4.79 Å². The van der Waals surface area contributed by atoms with Crippen LogP contribution in [0.2, 0.25) is 5.02 Å². The third-order valence-corrected chi connectivity index (χ3v) is 3.28. The van der Waals surface area contributed by atoms with E-state index in [0.29, 0.717) is 16.4 Å². The first-order valence-electron chi connectivity index (χ1n) is 6.16. The predicted molar refractivity (Wildman–Crippen MR) is 81.1 cm³/mol. The van der Waals surface area contributed by atoms with Crippen molar-refractivity contribution in [3.63, 3.8) is 0 Å². The molecule has 4 heteroatoms.